The highest BCUT2D eigenvalue weighted by atomic mass is 16.3. The zero-order valence-electron chi connectivity index (χ0n) is 9.65. The first-order chi connectivity index (χ1) is 7.62. The summed E-state index contributed by atoms with van der Waals surface area (Å²) >= 11 is 0. The van der Waals surface area contributed by atoms with E-state index in [9.17, 15) is 9.90 Å². The summed E-state index contributed by atoms with van der Waals surface area (Å²) in [5, 5.41) is 10.4. The largest absolute Gasteiger partial charge is 0.382 e. The van der Waals surface area contributed by atoms with Gasteiger partial charge in [0.15, 0.2) is 5.78 Å². The third kappa shape index (κ3) is 2.03. The van der Waals surface area contributed by atoms with E-state index in [4.69, 9.17) is 0 Å². The standard InChI is InChI=1S/C14H18O2/c1-14(16,12-9-5-6-10-12)13(15)11-7-3-2-4-8-11/h2-4,7-8,12,16H,5-6,9-10H2,1H3. The second kappa shape index (κ2) is 4.38. The predicted octanol–water partition coefficient (Wildman–Crippen LogP) is 2.81. The molecule has 1 unspecified atom stereocenters. The second-order valence-corrected chi connectivity index (χ2v) is 4.82. The molecule has 0 heterocycles. The molecule has 1 aromatic carbocycles. The minimum atomic E-state index is -1.20. The van der Waals surface area contributed by atoms with Gasteiger partial charge in [-0.1, -0.05) is 43.2 Å². The summed E-state index contributed by atoms with van der Waals surface area (Å²) in [6.45, 7) is 1.66. The first kappa shape index (κ1) is 11.3. The van der Waals surface area contributed by atoms with Crippen LogP contribution in [0.1, 0.15) is 43.0 Å². The van der Waals surface area contributed by atoms with E-state index < -0.39 is 5.60 Å². The van der Waals surface area contributed by atoms with Gasteiger partial charge in [0.1, 0.15) is 5.60 Å². The molecule has 2 nitrogen and oxygen atoms in total. The smallest absolute Gasteiger partial charge is 0.194 e. The maximum absolute atomic E-state index is 12.2. The molecule has 1 fully saturated rings. The zero-order chi connectivity index (χ0) is 11.6. The fourth-order valence-electron chi connectivity index (χ4n) is 2.56. The van der Waals surface area contributed by atoms with E-state index in [1.807, 2.05) is 18.2 Å². The van der Waals surface area contributed by atoms with Crippen LogP contribution in [0, 0.1) is 5.92 Å². The summed E-state index contributed by atoms with van der Waals surface area (Å²) in [7, 11) is 0. The van der Waals surface area contributed by atoms with Crippen LogP contribution in [0.2, 0.25) is 0 Å². The lowest BCUT2D eigenvalue weighted by molar-refractivity contribution is 0.0101. The highest BCUT2D eigenvalue weighted by Gasteiger charge is 2.40. The van der Waals surface area contributed by atoms with Crippen LogP contribution in [0.4, 0.5) is 0 Å². The lowest BCUT2D eigenvalue weighted by atomic mass is 9.81. The highest BCUT2D eigenvalue weighted by molar-refractivity contribution is 6.02. The maximum Gasteiger partial charge on any atom is 0.194 e. The Morgan fingerprint density at radius 1 is 1.25 bits per heavy atom. The summed E-state index contributed by atoms with van der Waals surface area (Å²) in [6, 6.07) is 9.08. The molecule has 0 bridgehead atoms. The number of Topliss-reactive ketones (excluding diaryl/α,β-unsaturated/α-hetero) is 1. The van der Waals surface area contributed by atoms with Gasteiger partial charge in [0.25, 0.3) is 0 Å². The van der Waals surface area contributed by atoms with Crippen molar-refractivity contribution in [2.75, 3.05) is 0 Å². The van der Waals surface area contributed by atoms with Crippen molar-refractivity contribution in [2.24, 2.45) is 5.92 Å². The average molecular weight is 218 g/mol. The second-order valence-electron chi connectivity index (χ2n) is 4.82. The third-order valence-corrected chi connectivity index (χ3v) is 3.65. The molecule has 1 atom stereocenters. The van der Waals surface area contributed by atoms with E-state index in [0.717, 1.165) is 25.7 Å². The van der Waals surface area contributed by atoms with Gasteiger partial charge in [0, 0.05) is 5.56 Å². The SMILES string of the molecule is CC(O)(C(=O)c1ccccc1)C1CCCC1. The molecule has 86 valence electrons. The first-order valence-electron chi connectivity index (χ1n) is 5.94. The third-order valence-electron chi connectivity index (χ3n) is 3.65. The molecular weight excluding hydrogens is 200 g/mol. The molecule has 16 heavy (non-hydrogen) atoms. The van der Waals surface area contributed by atoms with Crippen LogP contribution in [-0.2, 0) is 0 Å². The Balaban J connectivity index is 2.20. The van der Waals surface area contributed by atoms with Crippen molar-refractivity contribution in [3.8, 4) is 0 Å². The molecule has 0 aliphatic heterocycles. The van der Waals surface area contributed by atoms with E-state index in [2.05, 4.69) is 0 Å². The van der Waals surface area contributed by atoms with Gasteiger partial charge in [0.05, 0.1) is 0 Å². The molecule has 2 rings (SSSR count). The van der Waals surface area contributed by atoms with Crippen LogP contribution < -0.4 is 0 Å². The number of aliphatic hydroxyl groups is 1. The Bertz CT molecular complexity index is 362. The average Bonchev–Trinajstić information content (AvgIpc) is 2.83. The van der Waals surface area contributed by atoms with Crippen LogP contribution in [0.25, 0.3) is 0 Å². The molecule has 0 radical (unpaired) electrons. The number of rotatable bonds is 3. The lowest BCUT2D eigenvalue weighted by Gasteiger charge is -2.28. The molecule has 0 saturated heterocycles. The van der Waals surface area contributed by atoms with Gasteiger partial charge in [-0.2, -0.15) is 0 Å². The van der Waals surface area contributed by atoms with E-state index in [-0.39, 0.29) is 11.7 Å². The number of carbonyl (C=O) groups excluding carboxylic acids is 1. The van der Waals surface area contributed by atoms with E-state index >= 15 is 0 Å². The van der Waals surface area contributed by atoms with Gasteiger partial charge >= 0.3 is 0 Å². The minimum absolute atomic E-state index is 0.125. The molecule has 0 aromatic heterocycles. The summed E-state index contributed by atoms with van der Waals surface area (Å²) in [5.74, 6) is -0.0137. The molecule has 1 saturated carbocycles. The Kier molecular flexibility index (Phi) is 3.10. The van der Waals surface area contributed by atoms with Crippen molar-refractivity contribution in [1.29, 1.82) is 0 Å². The summed E-state index contributed by atoms with van der Waals surface area (Å²) in [5.41, 5.74) is -0.586. The lowest BCUT2D eigenvalue weighted by Crippen LogP contribution is -2.41. The fraction of sp³-hybridized carbons (Fsp3) is 0.500. The normalized spacial score (nSPS) is 20.6. The summed E-state index contributed by atoms with van der Waals surface area (Å²) < 4.78 is 0. The minimum Gasteiger partial charge on any atom is -0.382 e. The zero-order valence-corrected chi connectivity index (χ0v) is 9.65. The van der Waals surface area contributed by atoms with Gasteiger partial charge in [-0.05, 0) is 25.7 Å². The van der Waals surface area contributed by atoms with Crippen molar-refractivity contribution in [2.45, 2.75) is 38.2 Å². The van der Waals surface area contributed by atoms with Crippen molar-refractivity contribution in [3.05, 3.63) is 35.9 Å². The Labute approximate surface area is 96.3 Å². The molecular formula is C14H18O2. The molecule has 2 heteroatoms. The first-order valence-corrected chi connectivity index (χ1v) is 5.94. The molecule has 0 spiro atoms. The number of carbonyl (C=O) groups is 1. The predicted molar refractivity (Wildman–Crippen MR) is 63.4 cm³/mol. The van der Waals surface area contributed by atoms with Gasteiger partial charge in [0.2, 0.25) is 0 Å². The summed E-state index contributed by atoms with van der Waals surface area (Å²) in [4.78, 5) is 12.2. The Morgan fingerprint density at radius 2 is 1.81 bits per heavy atom. The monoisotopic (exact) mass is 218 g/mol. The molecule has 0 amide bonds. The van der Waals surface area contributed by atoms with Crippen LogP contribution in [0.15, 0.2) is 30.3 Å². The number of hydrogen-bond donors (Lipinski definition) is 1. The summed E-state index contributed by atoms with van der Waals surface area (Å²) in [6.07, 6.45) is 4.18. The van der Waals surface area contributed by atoms with Crippen LogP contribution in [-0.4, -0.2) is 16.5 Å². The van der Waals surface area contributed by atoms with E-state index in [0.29, 0.717) is 5.56 Å². The topological polar surface area (TPSA) is 37.3 Å². The van der Waals surface area contributed by atoms with Gasteiger partial charge < -0.3 is 5.11 Å². The Hall–Kier alpha value is -1.15. The van der Waals surface area contributed by atoms with Crippen molar-refractivity contribution in [1.82, 2.24) is 0 Å². The van der Waals surface area contributed by atoms with Crippen LogP contribution in [0.3, 0.4) is 0 Å². The quantitative estimate of drug-likeness (QED) is 0.792. The van der Waals surface area contributed by atoms with Crippen LogP contribution in [0.5, 0.6) is 0 Å². The van der Waals surface area contributed by atoms with E-state index in [1.54, 1.807) is 19.1 Å². The number of hydrogen-bond acceptors (Lipinski definition) is 2. The van der Waals surface area contributed by atoms with Crippen molar-refractivity contribution < 1.29 is 9.90 Å². The molecule has 1 aliphatic carbocycles. The highest BCUT2D eigenvalue weighted by Crippen LogP contribution is 2.35. The van der Waals surface area contributed by atoms with Crippen molar-refractivity contribution in [3.63, 3.8) is 0 Å². The molecule has 1 N–H and O–H groups in total. The number of benzene rings is 1. The van der Waals surface area contributed by atoms with E-state index in [1.165, 1.54) is 0 Å². The van der Waals surface area contributed by atoms with Gasteiger partial charge in [-0.15, -0.1) is 0 Å². The van der Waals surface area contributed by atoms with Crippen molar-refractivity contribution >= 4 is 5.78 Å². The maximum atomic E-state index is 12.2. The number of ketones is 1. The van der Waals surface area contributed by atoms with Gasteiger partial charge in [-0.25, -0.2) is 0 Å². The molecule has 1 aliphatic rings. The van der Waals surface area contributed by atoms with Gasteiger partial charge in [-0.3, -0.25) is 4.79 Å². The Morgan fingerprint density at radius 3 is 2.38 bits per heavy atom. The molecule has 1 aromatic rings. The van der Waals surface area contributed by atoms with Crippen LogP contribution >= 0.6 is 0 Å². The fourth-order valence-corrected chi connectivity index (χ4v) is 2.56.